The monoisotopic (exact) mass is 293 g/mol. The zero-order chi connectivity index (χ0) is 13.9. The van der Waals surface area contributed by atoms with Crippen molar-refractivity contribution < 1.29 is 0 Å². The van der Waals surface area contributed by atoms with Crippen LogP contribution in [0, 0.1) is 29.6 Å². The van der Waals surface area contributed by atoms with Crippen LogP contribution >= 0.6 is 11.6 Å². The second kappa shape index (κ2) is 4.74. The van der Waals surface area contributed by atoms with E-state index >= 15 is 0 Å². The summed E-state index contributed by atoms with van der Waals surface area (Å²) >= 11 is 6.45. The summed E-state index contributed by atoms with van der Waals surface area (Å²) in [5, 5.41) is 9.00. The van der Waals surface area contributed by atoms with Crippen molar-refractivity contribution in [3.05, 3.63) is 16.9 Å². The third-order valence-electron chi connectivity index (χ3n) is 6.03. The summed E-state index contributed by atoms with van der Waals surface area (Å²) in [5.41, 5.74) is 1.23. The minimum absolute atomic E-state index is 0.411. The summed E-state index contributed by atoms with van der Waals surface area (Å²) in [7, 11) is 0. The lowest BCUT2D eigenvalue weighted by molar-refractivity contribution is 0.358. The molecule has 0 aromatic carbocycles. The smallest absolute Gasteiger partial charge is 0.0834 e. The van der Waals surface area contributed by atoms with Gasteiger partial charge in [0.15, 0.2) is 0 Å². The molecule has 1 heterocycles. The van der Waals surface area contributed by atoms with E-state index < -0.39 is 0 Å². The molecular weight excluding hydrogens is 270 g/mol. The average Bonchev–Trinajstić information content (AvgIpc) is 2.78. The Morgan fingerprint density at radius 3 is 2.65 bits per heavy atom. The Morgan fingerprint density at radius 1 is 1.35 bits per heavy atom. The maximum atomic E-state index is 6.45. The molecule has 3 aliphatic carbocycles. The van der Waals surface area contributed by atoms with Gasteiger partial charge >= 0.3 is 0 Å². The van der Waals surface area contributed by atoms with Crippen molar-refractivity contribution in [2.24, 2.45) is 29.6 Å². The lowest BCUT2D eigenvalue weighted by Crippen LogP contribution is -2.28. The van der Waals surface area contributed by atoms with Crippen LogP contribution in [-0.4, -0.2) is 16.3 Å². The van der Waals surface area contributed by atoms with E-state index in [0.29, 0.717) is 6.04 Å². The number of fused-ring (bicyclic) bond motifs is 5. The molecule has 0 saturated heterocycles. The first-order chi connectivity index (χ1) is 9.76. The Hall–Kier alpha value is -0.540. The van der Waals surface area contributed by atoms with E-state index in [0.717, 1.165) is 47.7 Å². The van der Waals surface area contributed by atoms with E-state index in [1.165, 1.54) is 25.0 Å². The first-order valence-electron chi connectivity index (χ1n) is 8.20. The largest absolute Gasteiger partial charge is 0.309 e. The SMILES string of the molecule is CCNC(c1c(Cl)cnn1CC)C1C2C3CCC(C3)C21. The number of aromatic nitrogens is 2. The summed E-state index contributed by atoms with van der Waals surface area (Å²) < 4.78 is 2.09. The highest BCUT2D eigenvalue weighted by Crippen LogP contribution is 2.72. The van der Waals surface area contributed by atoms with Gasteiger partial charge in [0.2, 0.25) is 0 Å². The number of hydrogen-bond acceptors (Lipinski definition) is 2. The number of rotatable bonds is 5. The van der Waals surface area contributed by atoms with Crippen LogP contribution < -0.4 is 5.32 Å². The molecule has 110 valence electrons. The van der Waals surface area contributed by atoms with Crippen LogP contribution in [0.25, 0.3) is 0 Å². The summed E-state index contributed by atoms with van der Waals surface area (Å²) in [6.07, 6.45) is 6.27. The average molecular weight is 294 g/mol. The Labute approximate surface area is 126 Å². The topological polar surface area (TPSA) is 29.9 Å². The molecule has 0 spiro atoms. The number of nitrogens with one attached hydrogen (secondary N) is 1. The third kappa shape index (κ3) is 1.72. The van der Waals surface area contributed by atoms with Crippen molar-refractivity contribution in [1.82, 2.24) is 15.1 Å². The molecule has 0 amide bonds. The molecule has 3 fully saturated rings. The van der Waals surface area contributed by atoms with E-state index in [4.69, 9.17) is 11.6 Å². The Kier molecular flexibility index (Phi) is 3.11. The normalized spacial score (nSPS) is 39.0. The number of nitrogens with zero attached hydrogens (tertiary/aromatic N) is 2. The Balaban J connectivity index is 1.64. The minimum Gasteiger partial charge on any atom is -0.309 e. The maximum Gasteiger partial charge on any atom is 0.0834 e. The van der Waals surface area contributed by atoms with Gasteiger partial charge in [-0.15, -0.1) is 0 Å². The molecule has 3 saturated carbocycles. The molecule has 1 aromatic heterocycles. The van der Waals surface area contributed by atoms with Crippen molar-refractivity contribution in [3.8, 4) is 0 Å². The number of hydrogen-bond donors (Lipinski definition) is 1. The zero-order valence-corrected chi connectivity index (χ0v) is 13.1. The molecule has 0 radical (unpaired) electrons. The van der Waals surface area contributed by atoms with E-state index in [1.807, 2.05) is 6.20 Å². The molecular formula is C16H24ClN3. The Morgan fingerprint density at radius 2 is 2.05 bits per heavy atom. The fourth-order valence-corrected chi connectivity index (χ4v) is 5.67. The van der Waals surface area contributed by atoms with Crippen molar-refractivity contribution in [2.45, 2.75) is 45.7 Å². The predicted molar refractivity (Wildman–Crippen MR) is 80.6 cm³/mol. The molecule has 2 bridgehead atoms. The molecule has 4 heteroatoms. The van der Waals surface area contributed by atoms with Crippen LogP contribution in [0.1, 0.15) is 44.8 Å². The second-order valence-corrected chi connectivity index (χ2v) is 7.20. The van der Waals surface area contributed by atoms with E-state index in [2.05, 4.69) is 28.9 Å². The lowest BCUT2D eigenvalue weighted by Gasteiger charge is -2.23. The first-order valence-corrected chi connectivity index (χ1v) is 8.58. The van der Waals surface area contributed by atoms with E-state index in [9.17, 15) is 0 Å². The van der Waals surface area contributed by atoms with Gasteiger partial charge in [0, 0.05) is 6.54 Å². The third-order valence-corrected chi connectivity index (χ3v) is 6.32. The fourth-order valence-electron chi connectivity index (χ4n) is 5.41. The highest BCUT2D eigenvalue weighted by Gasteiger charge is 2.67. The Bertz CT molecular complexity index is 496. The number of aryl methyl sites for hydroxylation is 1. The number of halogens is 1. The quantitative estimate of drug-likeness (QED) is 0.900. The van der Waals surface area contributed by atoms with Gasteiger partial charge in [0.1, 0.15) is 0 Å². The second-order valence-electron chi connectivity index (χ2n) is 6.79. The molecule has 0 aliphatic heterocycles. The summed E-state index contributed by atoms with van der Waals surface area (Å²) in [5.74, 6) is 4.75. The summed E-state index contributed by atoms with van der Waals surface area (Å²) in [6.45, 7) is 6.24. The molecule has 20 heavy (non-hydrogen) atoms. The van der Waals surface area contributed by atoms with Gasteiger partial charge < -0.3 is 5.32 Å². The maximum absolute atomic E-state index is 6.45. The standard InChI is InChI=1S/C16H24ClN3/c1-3-18-15(16-11(17)8-19-20(16)4-2)14-12-9-5-6-10(7-9)13(12)14/h8-10,12-15,18H,3-7H2,1-2H3. The predicted octanol–water partition coefficient (Wildman–Crippen LogP) is 3.50. The van der Waals surface area contributed by atoms with Crippen molar-refractivity contribution in [2.75, 3.05) is 6.54 Å². The first kappa shape index (κ1) is 13.1. The molecule has 4 rings (SSSR count). The highest BCUT2D eigenvalue weighted by molar-refractivity contribution is 6.31. The van der Waals surface area contributed by atoms with Gasteiger partial charge in [-0.2, -0.15) is 5.10 Å². The van der Waals surface area contributed by atoms with Gasteiger partial charge in [-0.05, 0) is 62.3 Å². The van der Waals surface area contributed by atoms with Crippen LogP contribution in [0.4, 0.5) is 0 Å². The van der Waals surface area contributed by atoms with Gasteiger partial charge in [-0.3, -0.25) is 4.68 Å². The van der Waals surface area contributed by atoms with Crippen LogP contribution in [0.15, 0.2) is 6.20 Å². The molecule has 1 aromatic rings. The minimum atomic E-state index is 0.411. The van der Waals surface area contributed by atoms with E-state index in [1.54, 1.807) is 0 Å². The molecule has 5 unspecified atom stereocenters. The van der Waals surface area contributed by atoms with Crippen molar-refractivity contribution >= 4 is 11.6 Å². The van der Waals surface area contributed by atoms with Gasteiger partial charge in [0.05, 0.1) is 23.0 Å². The molecule has 5 atom stereocenters. The van der Waals surface area contributed by atoms with Crippen LogP contribution in [0.3, 0.4) is 0 Å². The van der Waals surface area contributed by atoms with E-state index in [-0.39, 0.29) is 0 Å². The molecule has 3 nitrogen and oxygen atoms in total. The zero-order valence-electron chi connectivity index (χ0n) is 12.3. The van der Waals surface area contributed by atoms with Crippen molar-refractivity contribution in [1.29, 1.82) is 0 Å². The van der Waals surface area contributed by atoms with Gasteiger partial charge in [-0.25, -0.2) is 0 Å². The van der Waals surface area contributed by atoms with Gasteiger partial charge in [0.25, 0.3) is 0 Å². The lowest BCUT2D eigenvalue weighted by atomic mass is 9.95. The fraction of sp³-hybridized carbons (Fsp3) is 0.812. The highest BCUT2D eigenvalue weighted by atomic mass is 35.5. The molecule has 1 N–H and O–H groups in total. The summed E-state index contributed by atoms with van der Waals surface area (Å²) in [6, 6.07) is 0.411. The van der Waals surface area contributed by atoms with Gasteiger partial charge in [-0.1, -0.05) is 18.5 Å². The van der Waals surface area contributed by atoms with Crippen LogP contribution in [0.5, 0.6) is 0 Å². The molecule has 3 aliphatic rings. The summed E-state index contributed by atoms with van der Waals surface area (Å²) in [4.78, 5) is 0. The van der Waals surface area contributed by atoms with Crippen LogP contribution in [0.2, 0.25) is 5.02 Å². The van der Waals surface area contributed by atoms with Crippen LogP contribution in [-0.2, 0) is 6.54 Å². The van der Waals surface area contributed by atoms with Crippen molar-refractivity contribution in [3.63, 3.8) is 0 Å².